The minimum Gasteiger partial charge on any atom is -0.497 e. The first-order valence-electron chi connectivity index (χ1n) is 7.66. The zero-order valence-electron chi connectivity index (χ0n) is 12.4. The van der Waals surface area contributed by atoms with Crippen LogP contribution in [-0.4, -0.2) is 20.2 Å². The molecule has 1 fully saturated rings. The van der Waals surface area contributed by atoms with E-state index >= 15 is 0 Å². The highest BCUT2D eigenvalue weighted by atomic mass is 16.5. The normalized spacial score (nSPS) is 18.2. The van der Waals surface area contributed by atoms with E-state index in [4.69, 9.17) is 4.74 Å². The van der Waals surface area contributed by atoms with Crippen molar-refractivity contribution in [3.05, 3.63) is 29.8 Å². The molecule has 0 heterocycles. The minimum absolute atomic E-state index is 0.321. The van der Waals surface area contributed by atoms with Crippen molar-refractivity contribution in [2.45, 2.75) is 50.9 Å². The van der Waals surface area contributed by atoms with E-state index in [9.17, 15) is 0 Å². The number of hydrogen-bond donors (Lipinski definition) is 1. The molecular weight excluding hydrogens is 234 g/mol. The Kier molecular flexibility index (Phi) is 5.26. The molecule has 0 unspecified atom stereocenters. The topological polar surface area (TPSA) is 21.3 Å². The molecule has 1 aromatic carbocycles. The zero-order chi connectivity index (χ0) is 13.6. The first-order valence-corrected chi connectivity index (χ1v) is 7.66. The van der Waals surface area contributed by atoms with Gasteiger partial charge in [-0.2, -0.15) is 0 Å². The summed E-state index contributed by atoms with van der Waals surface area (Å²) in [7, 11) is 1.75. The van der Waals surface area contributed by atoms with E-state index in [1.54, 1.807) is 7.11 Å². The molecule has 1 N–H and O–H groups in total. The number of benzene rings is 1. The fourth-order valence-corrected chi connectivity index (χ4v) is 3.25. The van der Waals surface area contributed by atoms with Crippen LogP contribution >= 0.6 is 0 Å². The fraction of sp³-hybridized carbons (Fsp3) is 0.647. The summed E-state index contributed by atoms with van der Waals surface area (Å²) in [6.07, 6.45) is 7.90. The van der Waals surface area contributed by atoms with E-state index < -0.39 is 0 Å². The van der Waals surface area contributed by atoms with Gasteiger partial charge in [0.1, 0.15) is 5.75 Å². The van der Waals surface area contributed by atoms with Crippen molar-refractivity contribution in [3.8, 4) is 5.75 Å². The molecule has 0 saturated heterocycles. The third kappa shape index (κ3) is 3.50. The highest BCUT2D eigenvalue weighted by Crippen LogP contribution is 2.40. The van der Waals surface area contributed by atoms with Gasteiger partial charge in [-0.1, -0.05) is 38.3 Å². The number of rotatable bonds is 6. The summed E-state index contributed by atoms with van der Waals surface area (Å²) in [5, 5.41) is 3.64. The van der Waals surface area contributed by atoms with Crippen LogP contribution in [0.5, 0.6) is 5.75 Å². The molecule has 2 rings (SSSR count). The van der Waals surface area contributed by atoms with Crippen LogP contribution in [-0.2, 0) is 5.41 Å². The Morgan fingerprint density at radius 2 is 2.00 bits per heavy atom. The largest absolute Gasteiger partial charge is 0.497 e. The average molecular weight is 261 g/mol. The van der Waals surface area contributed by atoms with Crippen LogP contribution < -0.4 is 10.1 Å². The van der Waals surface area contributed by atoms with Crippen molar-refractivity contribution >= 4 is 0 Å². The van der Waals surface area contributed by atoms with E-state index in [0.29, 0.717) is 5.41 Å². The minimum atomic E-state index is 0.321. The molecule has 0 amide bonds. The predicted octanol–water partition coefficient (Wildman–Crippen LogP) is 3.90. The first-order chi connectivity index (χ1) is 9.30. The lowest BCUT2D eigenvalue weighted by Crippen LogP contribution is -2.40. The molecule has 0 spiro atoms. The summed E-state index contributed by atoms with van der Waals surface area (Å²) in [5.41, 5.74) is 1.78. The van der Waals surface area contributed by atoms with E-state index in [0.717, 1.165) is 18.8 Å². The van der Waals surface area contributed by atoms with E-state index in [1.807, 2.05) is 6.07 Å². The lowest BCUT2D eigenvalue weighted by molar-refractivity contribution is 0.279. The van der Waals surface area contributed by atoms with Gasteiger partial charge in [-0.15, -0.1) is 0 Å². The molecule has 1 aromatic rings. The van der Waals surface area contributed by atoms with Crippen molar-refractivity contribution < 1.29 is 4.74 Å². The van der Waals surface area contributed by atoms with Crippen LogP contribution in [0.2, 0.25) is 0 Å². The quantitative estimate of drug-likeness (QED) is 0.784. The van der Waals surface area contributed by atoms with Crippen molar-refractivity contribution in [2.24, 2.45) is 0 Å². The molecule has 19 heavy (non-hydrogen) atoms. The smallest absolute Gasteiger partial charge is 0.119 e. The maximum Gasteiger partial charge on any atom is 0.119 e. The van der Waals surface area contributed by atoms with E-state index in [2.05, 4.69) is 30.4 Å². The monoisotopic (exact) mass is 261 g/mol. The second-order valence-corrected chi connectivity index (χ2v) is 5.75. The van der Waals surface area contributed by atoms with Gasteiger partial charge in [0.2, 0.25) is 0 Å². The summed E-state index contributed by atoms with van der Waals surface area (Å²) in [5.74, 6) is 0.984. The predicted molar refractivity (Wildman–Crippen MR) is 80.9 cm³/mol. The van der Waals surface area contributed by atoms with Crippen LogP contribution in [0.4, 0.5) is 0 Å². The molecule has 1 aliphatic rings. The molecule has 0 aliphatic heterocycles. The Balaban J connectivity index is 2.19. The van der Waals surface area contributed by atoms with Crippen LogP contribution in [0.1, 0.15) is 51.0 Å². The Morgan fingerprint density at radius 3 is 2.68 bits per heavy atom. The SMILES string of the molecule is CCCNCC1(c2cccc(OC)c2)CCCCC1. The number of hydrogen-bond acceptors (Lipinski definition) is 2. The zero-order valence-corrected chi connectivity index (χ0v) is 12.4. The van der Waals surface area contributed by atoms with Gasteiger partial charge in [0.25, 0.3) is 0 Å². The lowest BCUT2D eigenvalue weighted by Gasteiger charge is -2.38. The van der Waals surface area contributed by atoms with Gasteiger partial charge < -0.3 is 10.1 Å². The Bertz CT molecular complexity index is 383. The maximum absolute atomic E-state index is 5.40. The van der Waals surface area contributed by atoms with Crippen LogP contribution in [0, 0.1) is 0 Å². The van der Waals surface area contributed by atoms with Crippen molar-refractivity contribution in [1.82, 2.24) is 5.32 Å². The molecule has 0 aromatic heterocycles. The van der Waals surface area contributed by atoms with Crippen molar-refractivity contribution in [1.29, 1.82) is 0 Å². The Labute approximate surface area is 117 Å². The summed E-state index contributed by atoms with van der Waals surface area (Å²) in [6, 6.07) is 8.68. The van der Waals surface area contributed by atoms with E-state index in [-0.39, 0.29) is 0 Å². The fourth-order valence-electron chi connectivity index (χ4n) is 3.25. The average Bonchev–Trinajstić information content (AvgIpc) is 2.48. The summed E-state index contributed by atoms with van der Waals surface area (Å²) < 4.78 is 5.40. The van der Waals surface area contributed by atoms with E-state index in [1.165, 1.54) is 44.1 Å². The number of methoxy groups -OCH3 is 1. The first kappa shape index (κ1) is 14.4. The molecule has 2 heteroatoms. The third-order valence-corrected chi connectivity index (χ3v) is 4.38. The standard InChI is InChI=1S/C17H27NO/c1-3-12-18-14-17(10-5-4-6-11-17)15-8-7-9-16(13-15)19-2/h7-9,13,18H,3-6,10-12,14H2,1-2H3. The molecule has 1 saturated carbocycles. The second kappa shape index (κ2) is 6.95. The van der Waals surface area contributed by atoms with Gasteiger partial charge in [-0.3, -0.25) is 0 Å². The maximum atomic E-state index is 5.40. The molecule has 0 radical (unpaired) electrons. The molecule has 1 aliphatic carbocycles. The highest BCUT2D eigenvalue weighted by Gasteiger charge is 2.33. The van der Waals surface area contributed by atoms with Crippen LogP contribution in [0.25, 0.3) is 0 Å². The molecular formula is C17H27NO. The second-order valence-electron chi connectivity index (χ2n) is 5.75. The lowest BCUT2D eigenvalue weighted by atomic mass is 9.69. The van der Waals surface area contributed by atoms with Gasteiger partial charge in [-0.05, 0) is 43.5 Å². The molecule has 2 nitrogen and oxygen atoms in total. The van der Waals surface area contributed by atoms with Gasteiger partial charge in [-0.25, -0.2) is 0 Å². The summed E-state index contributed by atoms with van der Waals surface area (Å²) in [6.45, 7) is 4.45. The van der Waals surface area contributed by atoms with Crippen molar-refractivity contribution in [3.63, 3.8) is 0 Å². The number of nitrogens with one attached hydrogen (secondary N) is 1. The Morgan fingerprint density at radius 1 is 1.21 bits per heavy atom. The highest BCUT2D eigenvalue weighted by molar-refractivity contribution is 5.34. The van der Waals surface area contributed by atoms with Crippen LogP contribution in [0.15, 0.2) is 24.3 Å². The molecule has 0 bridgehead atoms. The van der Waals surface area contributed by atoms with Gasteiger partial charge >= 0.3 is 0 Å². The van der Waals surface area contributed by atoms with Crippen LogP contribution in [0.3, 0.4) is 0 Å². The van der Waals surface area contributed by atoms with Gasteiger partial charge in [0.05, 0.1) is 7.11 Å². The third-order valence-electron chi connectivity index (χ3n) is 4.38. The van der Waals surface area contributed by atoms with Crippen molar-refractivity contribution in [2.75, 3.05) is 20.2 Å². The Hall–Kier alpha value is -1.02. The van der Waals surface area contributed by atoms with Gasteiger partial charge in [0.15, 0.2) is 0 Å². The summed E-state index contributed by atoms with van der Waals surface area (Å²) >= 11 is 0. The number of ether oxygens (including phenoxy) is 1. The molecule has 0 atom stereocenters. The molecule has 106 valence electrons. The summed E-state index contributed by atoms with van der Waals surface area (Å²) in [4.78, 5) is 0. The van der Waals surface area contributed by atoms with Gasteiger partial charge in [0, 0.05) is 12.0 Å².